The second-order valence-corrected chi connectivity index (χ2v) is 13.2. The molecule has 0 radical (unpaired) electrons. The number of aliphatic hydroxyl groups is 6. The molecule has 2 heterocycles. The van der Waals surface area contributed by atoms with E-state index < -0.39 is 82.6 Å². The van der Waals surface area contributed by atoms with E-state index in [2.05, 4.69) is 0 Å². The fourth-order valence-electron chi connectivity index (χ4n) is 9.42. The molecule has 11 nitrogen and oxygen atoms in total. The van der Waals surface area contributed by atoms with Gasteiger partial charge in [-0.3, -0.25) is 4.79 Å². The van der Waals surface area contributed by atoms with Gasteiger partial charge in [0.15, 0.2) is 12.1 Å². The van der Waals surface area contributed by atoms with Crippen LogP contribution in [0.2, 0.25) is 0 Å². The van der Waals surface area contributed by atoms with Gasteiger partial charge in [-0.25, -0.2) is 4.79 Å². The van der Waals surface area contributed by atoms with Crippen molar-refractivity contribution in [3.8, 4) is 0 Å². The summed E-state index contributed by atoms with van der Waals surface area (Å²) in [7, 11) is 0. The number of hydrogen-bond donors (Lipinski definition) is 6. The van der Waals surface area contributed by atoms with E-state index >= 15 is 0 Å². The minimum atomic E-state index is -1.47. The molecule has 4 saturated carbocycles. The largest absolute Gasteiger partial charge is 0.431 e. The monoisotopic (exact) mass is 564 g/mol. The molecular weight excluding hydrogens is 524 g/mol. The van der Waals surface area contributed by atoms with E-state index in [1.54, 1.807) is 13.0 Å². The van der Waals surface area contributed by atoms with Gasteiger partial charge in [0.2, 0.25) is 0 Å². The smallest absolute Gasteiger partial charge is 0.335 e. The van der Waals surface area contributed by atoms with Crippen LogP contribution in [0.4, 0.5) is 0 Å². The molecule has 5 aliphatic rings. The SMILES string of the molecule is C[C@]12CC[C@H](O[C@@H]3OC[C@@H](O)[C@H](O)[C@H]3O)[C@H](O)[C@@H]1CC[C@@H]1[C@@H]2[C@H](O)C(=O)[C@]2(C)[C@@H](c3ccc(=O)oc3)CC[C@]12O. The standard InChI is InChI=1S/C29H40O11/c1-27-9-8-18(40-26-24(35)22(33)17(30)12-39-26)21(32)16(27)5-4-15-20(27)23(34)25(36)28(2)14(7-10-29(15,28)37)13-3-6-19(31)38-11-13/h3,6,11,14-18,20-24,26,30,32-35,37H,4-5,7-10,12H2,1-2H3/t14-,15-,16+,17-,18+,20-,21-,22+,23+,24-,26+,27+,28+,29+/m1/s1. The molecule has 0 amide bonds. The van der Waals surface area contributed by atoms with Gasteiger partial charge in [-0.2, -0.15) is 0 Å². The van der Waals surface area contributed by atoms with Crippen molar-refractivity contribution in [1.82, 2.24) is 0 Å². The van der Waals surface area contributed by atoms with Crippen molar-refractivity contribution in [1.29, 1.82) is 0 Å². The van der Waals surface area contributed by atoms with Crippen molar-refractivity contribution in [2.75, 3.05) is 6.61 Å². The average molecular weight is 565 g/mol. The third-order valence-corrected chi connectivity index (χ3v) is 11.6. The number of Topliss-reactive ketones (excluding diaryl/α,β-unsaturated/α-hetero) is 1. The molecule has 1 aliphatic heterocycles. The van der Waals surface area contributed by atoms with Crippen LogP contribution >= 0.6 is 0 Å². The van der Waals surface area contributed by atoms with Gasteiger partial charge in [-0.1, -0.05) is 6.92 Å². The lowest BCUT2D eigenvalue weighted by Crippen LogP contribution is -2.71. The lowest BCUT2D eigenvalue weighted by Gasteiger charge is -2.64. The average Bonchev–Trinajstić information content (AvgIpc) is 3.21. The summed E-state index contributed by atoms with van der Waals surface area (Å²) in [5.74, 6) is -2.14. The minimum Gasteiger partial charge on any atom is -0.431 e. The number of carbonyl (C=O) groups is 1. The highest BCUT2D eigenvalue weighted by Crippen LogP contribution is 2.69. The lowest BCUT2D eigenvalue weighted by molar-refractivity contribution is -0.305. The summed E-state index contributed by atoms with van der Waals surface area (Å²) >= 11 is 0. The Kier molecular flexibility index (Phi) is 6.87. The summed E-state index contributed by atoms with van der Waals surface area (Å²) in [6.45, 7) is 3.49. The van der Waals surface area contributed by atoms with E-state index in [9.17, 15) is 40.2 Å². The maximum atomic E-state index is 14.1. The fourth-order valence-corrected chi connectivity index (χ4v) is 9.42. The van der Waals surface area contributed by atoms with Crippen LogP contribution in [0.25, 0.3) is 0 Å². The second kappa shape index (κ2) is 9.67. The number of fused-ring (bicyclic) bond motifs is 5. The van der Waals surface area contributed by atoms with E-state index in [4.69, 9.17) is 13.9 Å². The molecule has 1 aromatic rings. The Hall–Kier alpha value is -1.70. The normalized spacial score (nSPS) is 52.5. The Labute approximate surface area is 231 Å². The molecule has 40 heavy (non-hydrogen) atoms. The van der Waals surface area contributed by atoms with Crippen LogP contribution in [0.15, 0.2) is 27.6 Å². The van der Waals surface area contributed by atoms with Gasteiger partial charge in [0.25, 0.3) is 0 Å². The van der Waals surface area contributed by atoms with Crippen molar-refractivity contribution in [3.63, 3.8) is 0 Å². The number of ether oxygens (including phenoxy) is 2. The number of hydrogen-bond acceptors (Lipinski definition) is 11. The molecule has 0 aromatic carbocycles. The van der Waals surface area contributed by atoms with E-state index in [0.29, 0.717) is 44.1 Å². The van der Waals surface area contributed by atoms with Gasteiger partial charge in [0, 0.05) is 17.9 Å². The summed E-state index contributed by atoms with van der Waals surface area (Å²) < 4.78 is 16.4. The number of rotatable bonds is 3. The van der Waals surface area contributed by atoms with Crippen LogP contribution in [0, 0.1) is 28.6 Å². The number of ketones is 1. The third-order valence-electron chi connectivity index (χ3n) is 11.6. The van der Waals surface area contributed by atoms with Crippen LogP contribution in [0.3, 0.4) is 0 Å². The molecule has 1 saturated heterocycles. The highest BCUT2D eigenvalue weighted by atomic mass is 16.7. The molecule has 6 N–H and O–H groups in total. The fraction of sp³-hybridized carbons (Fsp3) is 0.793. The Balaban J connectivity index is 1.26. The quantitative estimate of drug-likeness (QED) is 0.268. The van der Waals surface area contributed by atoms with Crippen molar-refractivity contribution in [2.45, 2.75) is 107 Å². The Morgan fingerprint density at radius 3 is 2.33 bits per heavy atom. The van der Waals surface area contributed by atoms with Crippen molar-refractivity contribution >= 4 is 5.78 Å². The molecule has 0 spiro atoms. The first-order valence-corrected chi connectivity index (χ1v) is 14.4. The molecule has 5 fully saturated rings. The highest BCUT2D eigenvalue weighted by molar-refractivity contribution is 5.93. The van der Waals surface area contributed by atoms with Gasteiger partial charge in [-0.05, 0) is 74.3 Å². The molecule has 11 heteroatoms. The summed E-state index contributed by atoms with van der Waals surface area (Å²) in [5.41, 5.74) is -3.17. The van der Waals surface area contributed by atoms with Gasteiger partial charge >= 0.3 is 5.63 Å². The first-order chi connectivity index (χ1) is 18.8. The van der Waals surface area contributed by atoms with Gasteiger partial charge < -0.3 is 44.5 Å². The number of aliphatic hydroxyl groups excluding tert-OH is 5. The highest BCUT2D eigenvalue weighted by Gasteiger charge is 2.74. The Morgan fingerprint density at radius 2 is 1.62 bits per heavy atom. The second-order valence-electron chi connectivity index (χ2n) is 13.2. The van der Waals surface area contributed by atoms with E-state index in [1.165, 1.54) is 12.3 Å². The van der Waals surface area contributed by atoms with Crippen molar-refractivity contribution < 1.29 is 49.3 Å². The van der Waals surface area contributed by atoms with Crippen LogP contribution < -0.4 is 5.63 Å². The van der Waals surface area contributed by atoms with Gasteiger partial charge in [0.05, 0.1) is 36.1 Å². The summed E-state index contributed by atoms with van der Waals surface area (Å²) in [5, 5.41) is 65.6. The molecule has 222 valence electrons. The van der Waals surface area contributed by atoms with Crippen LogP contribution in [0.5, 0.6) is 0 Å². The molecule has 6 rings (SSSR count). The van der Waals surface area contributed by atoms with E-state index in [0.717, 1.165) is 0 Å². The summed E-state index contributed by atoms with van der Waals surface area (Å²) in [6.07, 6.45) is -4.29. The maximum absolute atomic E-state index is 14.1. The van der Waals surface area contributed by atoms with E-state index in [-0.39, 0.29) is 18.4 Å². The third kappa shape index (κ3) is 3.79. The zero-order chi connectivity index (χ0) is 28.8. The van der Waals surface area contributed by atoms with Gasteiger partial charge in [0.1, 0.15) is 24.4 Å². The van der Waals surface area contributed by atoms with Crippen LogP contribution in [0.1, 0.15) is 63.9 Å². The molecular formula is C29H40O11. The zero-order valence-electron chi connectivity index (χ0n) is 22.8. The summed E-state index contributed by atoms with van der Waals surface area (Å²) in [4.78, 5) is 25.6. The van der Waals surface area contributed by atoms with Crippen LogP contribution in [-0.4, -0.2) is 91.5 Å². The Morgan fingerprint density at radius 1 is 0.900 bits per heavy atom. The summed E-state index contributed by atoms with van der Waals surface area (Å²) in [6, 6.07) is 2.93. The zero-order valence-corrected chi connectivity index (χ0v) is 22.8. The lowest BCUT2D eigenvalue weighted by atomic mass is 9.41. The van der Waals surface area contributed by atoms with E-state index in [1.807, 2.05) is 6.92 Å². The van der Waals surface area contributed by atoms with Gasteiger partial charge in [-0.15, -0.1) is 0 Å². The van der Waals surface area contributed by atoms with Crippen molar-refractivity contribution in [3.05, 3.63) is 34.4 Å². The topological polar surface area (TPSA) is 187 Å². The maximum Gasteiger partial charge on any atom is 0.335 e. The predicted octanol–water partition coefficient (Wildman–Crippen LogP) is -0.174. The minimum absolute atomic E-state index is 0.210. The Bertz CT molecular complexity index is 1180. The first kappa shape index (κ1) is 28.4. The van der Waals surface area contributed by atoms with Crippen molar-refractivity contribution in [2.24, 2.45) is 28.6 Å². The molecule has 0 bridgehead atoms. The first-order valence-electron chi connectivity index (χ1n) is 14.4. The molecule has 14 atom stereocenters. The number of carbonyl (C=O) groups excluding carboxylic acids is 1. The molecule has 1 aromatic heterocycles. The van der Waals surface area contributed by atoms with Crippen LogP contribution in [-0.2, 0) is 14.3 Å². The molecule has 4 aliphatic carbocycles. The predicted molar refractivity (Wildman–Crippen MR) is 137 cm³/mol. The molecule has 0 unspecified atom stereocenters.